The number of rotatable bonds is 6. The average molecular weight is 391 g/mol. The van der Waals surface area contributed by atoms with E-state index < -0.39 is 0 Å². The topological polar surface area (TPSA) is 84.2 Å². The molecular formula is C21H17N3O3S. The fourth-order valence-corrected chi connectivity index (χ4v) is 3.59. The van der Waals surface area contributed by atoms with Gasteiger partial charge in [0.25, 0.3) is 5.91 Å². The Morgan fingerprint density at radius 2 is 1.71 bits per heavy atom. The second-order valence-corrected chi connectivity index (χ2v) is 7.11. The van der Waals surface area contributed by atoms with Crippen molar-refractivity contribution >= 4 is 33.4 Å². The molecule has 28 heavy (non-hydrogen) atoms. The lowest BCUT2D eigenvalue weighted by Crippen LogP contribution is -2.36. The molecule has 0 aliphatic carbocycles. The zero-order valence-electron chi connectivity index (χ0n) is 14.8. The predicted molar refractivity (Wildman–Crippen MR) is 108 cm³/mol. The molecule has 7 heteroatoms. The highest BCUT2D eigenvalue weighted by Gasteiger charge is 2.12. The molecule has 2 amide bonds. The summed E-state index contributed by atoms with van der Waals surface area (Å²) in [6.45, 7) is 0.143. The van der Waals surface area contributed by atoms with E-state index in [0.717, 1.165) is 15.2 Å². The maximum absolute atomic E-state index is 12.0. The minimum absolute atomic E-state index is 0.0981. The molecule has 0 bridgehead atoms. The van der Waals surface area contributed by atoms with Crippen molar-refractivity contribution in [3.63, 3.8) is 0 Å². The molecule has 0 unspecified atom stereocenters. The third kappa shape index (κ3) is 4.10. The van der Waals surface area contributed by atoms with Crippen LogP contribution >= 0.6 is 11.3 Å². The zero-order valence-corrected chi connectivity index (χ0v) is 15.7. The van der Waals surface area contributed by atoms with Crippen LogP contribution in [0.5, 0.6) is 0 Å². The van der Waals surface area contributed by atoms with Gasteiger partial charge in [-0.1, -0.05) is 30.3 Å². The number of fused-ring (bicyclic) bond motifs is 1. The Balaban J connectivity index is 1.30. The number of hydrogen-bond acceptors (Lipinski definition) is 5. The Labute approximate surface area is 165 Å². The van der Waals surface area contributed by atoms with Gasteiger partial charge in [-0.15, -0.1) is 11.3 Å². The van der Waals surface area contributed by atoms with E-state index >= 15 is 0 Å². The molecule has 0 fully saturated rings. The standard InChI is InChI=1S/C21H17N3O3S/c25-19(13-23-20(26)14-6-2-1-3-7-14)22-12-15-10-11-17(27-15)21-24-16-8-4-5-9-18(16)28-21/h1-11H,12-13H2,(H,22,25)(H,23,26). The van der Waals surface area contributed by atoms with Crippen LogP contribution in [0, 0.1) is 0 Å². The van der Waals surface area contributed by atoms with Crippen molar-refractivity contribution < 1.29 is 14.0 Å². The van der Waals surface area contributed by atoms with Gasteiger partial charge in [0, 0.05) is 5.56 Å². The Morgan fingerprint density at radius 3 is 2.54 bits per heavy atom. The lowest BCUT2D eigenvalue weighted by Gasteiger charge is -2.06. The van der Waals surface area contributed by atoms with Crippen molar-refractivity contribution in [3.05, 3.63) is 78.1 Å². The van der Waals surface area contributed by atoms with E-state index in [-0.39, 0.29) is 24.9 Å². The molecule has 4 aromatic rings. The monoisotopic (exact) mass is 391 g/mol. The van der Waals surface area contributed by atoms with Gasteiger partial charge in [0.15, 0.2) is 10.8 Å². The van der Waals surface area contributed by atoms with Crippen molar-refractivity contribution in [3.8, 4) is 10.8 Å². The van der Waals surface area contributed by atoms with Gasteiger partial charge in [-0.3, -0.25) is 9.59 Å². The van der Waals surface area contributed by atoms with Crippen LogP contribution in [0.1, 0.15) is 16.1 Å². The summed E-state index contributed by atoms with van der Waals surface area (Å²) in [6, 6.07) is 20.3. The summed E-state index contributed by atoms with van der Waals surface area (Å²) in [6.07, 6.45) is 0. The minimum Gasteiger partial charge on any atom is -0.457 e. The van der Waals surface area contributed by atoms with Crippen molar-refractivity contribution in [1.82, 2.24) is 15.6 Å². The summed E-state index contributed by atoms with van der Waals surface area (Å²) in [5, 5.41) is 6.12. The van der Waals surface area contributed by atoms with E-state index in [2.05, 4.69) is 15.6 Å². The quantitative estimate of drug-likeness (QED) is 0.526. The van der Waals surface area contributed by atoms with Crippen LogP contribution in [0.25, 0.3) is 21.0 Å². The van der Waals surface area contributed by atoms with Gasteiger partial charge in [0.1, 0.15) is 5.76 Å². The van der Waals surface area contributed by atoms with Crippen molar-refractivity contribution in [1.29, 1.82) is 0 Å². The van der Waals surface area contributed by atoms with Gasteiger partial charge < -0.3 is 15.1 Å². The largest absolute Gasteiger partial charge is 0.457 e. The number of amides is 2. The van der Waals surface area contributed by atoms with Crippen molar-refractivity contribution in [2.24, 2.45) is 0 Å². The summed E-state index contributed by atoms with van der Waals surface area (Å²) in [5.74, 6) is 0.717. The number of nitrogens with one attached hydrogen (secondary N) is 2. The van der Waals surface area contributed by atoms with Crippen LogP contribution in [0.2, 0.25) is 0 Å². The lowest BCUT2D eigenvalue weighted by molar-refractivity contribution is -0.120. The Kier molecular flexibility index (Phi) is 5.16. The first-order valence-electron chi connectivity index (χ1n) is 8.73. The van der Waals surface area contributed by atoms with Crippen molar-refractivity contribution in [2.75, 3.05) is 6.54 Å². The first kappa shape index (κ1) is 17.9. The van der Waals surface area contributed by atoms with E-state index in [1.54, 1.807) is 35.6 Å². The van der Waals surface area contributed by atoms with Gasteiger partial charge in [-0.25, -0.2) is 4.98 Å². The molecule has 2 heterocycles. The molecule has 4 rings (SSSR count). The summed E-state index contributed by atoms with van der Waals surface area (Å²) in [7, 11) is 0. The van der Waals surface area contributed by atoms with Gasteiger partial charge in [-0.05, 0) is 36.4 Å². The van der Waals surface area contributed by atoms with Crippen LogP contribution in [0.4, 0.5) is 0 Å². The van der Waals surface area contributed by atoms with Gasteiger partial charge in [-0.2, -0.15) is 0 Å². The second kappa shape index (κ2) is 8.06. The van der Waals surface area contributed by atoms with Crippen molar-refractivity contribution in [2.45, 2.75) is 6.54 Å². The van der Waals surface area contributed by atoms with Crippen LogP contribution in [0.15, 0.2) is 71.1 Å². The number of furan rings is 1. The number of hydrogen-bond donors (Lipinski definition) is 2. The molecule has 2 N–H and O–H groups in total. The fourth-order valence-electron chi connectivity index (χ4n) is 2.67. The first-order valence-corrected chi connectivity index (χ1v) is 9.55. The highest BCUT2D eigenvalue weighted by atomic mass is 32.1. The van der Waals surface area contributed by atoms with Gasteiger partial charge in [0.05, 0.1) is 23.3 Å². The number of para-hydroxylation sites is 1. The molecule has 0 aliphatic rings. The normalized spacial score (nSPS) is 10.7. The summed E-state index contributed by atoms with van der Waals surface area (Å²) < 4.78 is 6.89. The number of thiazole rings is 1. The summed E-state index contributed by atoms with van der Waals surface area (Å²) >= 11 is 1.56. The van der Waals surface area contributed by atoms with E-state index in [0.29, 0.717) is 17.1 Å². The third-order valence-corrected chi connectivity index (χ3v) is 5.12. The molecule has 0 saturated carbocycles. The molecule has 0 aliphatic heterocycles. The van der Waals surface area contributed by atoms with Gasteiger partial charge in [0.2, 0.25) is 5.91 Å². The second-order valence-electron chi connectivity index (χ2n) is 6.08. The Bertz CT molecular complexity index is 1090. The molecule has 0 radical (unpaired) electrons. The molecule has 0 atom stereocenters. The van der Waals surface area contributed by atoms with Crippen LogP contribution in [0.3, 0.4) is 0 Å². The molecule has 0 spiro atoms. The first-order chi connectivity index (χ1) is 13.7. The smallest absolute Gasteiger partial charge is 0.251 e. The number of carbonyl (C=O) groups excluding carboxylic acids is 2. The Morgan fingerprint density at radius 1 is 0.929 bits per heavy atom. The molecular weight excluding hydrogens is 374 g/mol. The summed E-state index contributed by atoms with van der Waals surface area (Å²) in [5.41, 5.74) is 1.45. The van der Waals surface area contributed by atoms with Crippen LogP contribution in [-0.2, 0) is 11.3 Å². The molecule has 2 aromatic carbocycles. The predicted octanol–water partition coefficient (Wildman–Crippen LogP) is 3.60. The zero-order chi connectivity index (χ0) is 19.3. The van der Waals surface area contributed by atoms with E-state index in [1.165, 1.54) is 0 Å². The number of benzene rings is 2. The summed E-state index contributed by atoms with van der Waals surface area (Å²) in [4.78, 5) is 28.5. The molecule has 0 saturated heterocycles. The molecule has 2 aromatic heterocycles. The number of nitrogens with zero attached hydrogens (tertiary/aromatic N) is 1. The minimum atomic E-state index is -0.290. The number of carbonyl (C=O) groups is 2. The molecule has 140 valence electrons. The average Bonchev–Trinajstić information content (AvgIpc) is 3.37. The fraction of sp³-hybridized carbons (Fsp3) is 0.0952. The van der Waals surface area contributed by atoms with E-state index in [4.69, 9.17) is 4.42 Å². The highest BCUT2D eigenvalue weighted by Crippen LogP contribution is 2.31. The lowest BCUT2D eigenvalue weighted by atomic mass is 10.2. The van der Waals surface area contributed by atoms with E-state index in [9.17, 15) is 9.59 Å². The SMILES string of the molecule is O=C(CNC(=O)c1ccccc1)NCc1ccc(-c2nc3ccccc3s2)o1. The third-order valence-electron chi connectivity index (χ3n) is 4.07. The Hall–Kier alpha value is -3.45. The van der Waals surface area contributed by atoms with E-state index in [1.807, 2.05) is 42.5 Å². The number of aromatic nitrogens is 1. The maximum Gasteiger partial charge on any atom is 0.251 e. The van der Waals surface area contributed by atoms with Gasteiger partial charge >= 0.3 is 0 Å². The molecule has 6 nitrogen and oxygen atoms in total. The maximum atomic E-state index is 12.0. The highest BCUT2D eigenvalue weighted by molar-refractivity contribution is 7.21. The van der Waals surface area contributed by atoms with Crippen LogP contribution < -0.4 is 10.6 Å². The van der Waals surface area contributed by atoms with Crippen LogP contribution in [-0.4, -0.2) is 23.3 Å².